The van der Waals surface area contributed by atoms with Gasteiger partial charge in [-0.05, 0) is 36.7 Å². The van der Waals surface area contributed by atoms with E-state index < -0.39 is 0 Å². The van der Waals surface area contributed by atoms with Crippen LogP contribution in [0.3, 0.4) is 0 Å². The van der Waals surface area contributed by atoms with Crippen LogP contribution < -0.4 is 5.32 Å². The Balaban J connectivity index is 1.66. The molecule has 3 rings (SSSR count). The van der Waals surface area contributed by atoms with Crippen LogP contribution in [0.25, 0.3) is 0 Å². The third-order valence-corrected chi connectivity index (χ3v) is 4.01. The molecule has 0 spiro atoms. The van der Waals surface area contributed by atoms with Crippen LogP contribution >= 0.6 is 0 Å². The Morgan fingerprint density at radius 3 is 2.65 bits per heavy atom. The summed E-state index contributed by atoms with van der Waals surface area (Å²) in [5, 5.41) is 3.65. The smallest absolute Gasteiger partial charge is 0.0452 e. The van der Waals surface area contributed by atoms with Crippen LogP contribution in [0.1, 0.15) is 22.7 Å². The molecule has 2 nitrogen and oxygen atoms in total. The standard InChI is InChI=1S/C18H22N2/c1-20(13-15-7-3-2-4-8-15)14-18-17-10-6-5-9-16(17)11-12-19-18/h2-10,18-19H,11-14H2,1H3. The number of hydrogen-bond donors (Lipinski definition) is 1. The molecule has 0 saturated carbocycles. The van der Waals surface area contributed by atoms with Crippen molar-refractivity contribution in [2.45, 2.75) is 19.0 Å². The van der Waals surface area contributed by atoms with Gasteiger partial charge >= 0.3 is 0 Å². The third-order valence-electron chi connectivity index (χ3n) is 4.01. The van der Waals surface area contributed by atoms with Gasteiger partial charge < -0.3 is 10.2 Å². The van der Waals surface area contributed by atoms with E-state index in [1.165, 1.54) is 16.7 Å². The molecular weight excluding hydrogens is 244 g/mol. The third kappa shape index (κ3) is 3.09. The average Bonchev–Trinajstić information content (AvgIpc) is 2.48. The second-order valence-corrected chi connectivity index (χ2v) is 5.64. The summed E-state index contributed by atoms with van der Waals surface area (Å²) in [6.45, 7) is 3.13. The fourth-order valence-electron chi connectivity index (χ4n) is 3.03. The van der Waals surface area contributed by atoms with E-state index in [1.807, 2.05) is 0 Å². The number of hydrogen-bond acceptors (Lipinski definition) is 2. The van der Waals surface area contributed by atoms with Crippen molar-refractivity contribution in [2.24, 2.45) is 0 Å². The number of fused-ring (bicyclic) bond motifs is 1. The Labute approximate surface area is 121 Å². The topological polar surface area (TPSA) is 15.3 Å². The first kappa shape index (κ1) is 13.3. The summed E-state index contributed by atoms with van der Waals surface area (Å²) in [7, 11) is 2.20. The number of likely N-dealkylation sites (N-methyl/N-ethyl adjacent to an activating group) is 1. The van der Waals surface area contributed by atoms with Gasteiger partial charge in [0.25, 0.3) is 0 Å². The second kappa shape index (κ2) is 6.21. The van der Waals surface area contributed by atoms with E-state index in [0.29, 0.717) is 6.04 Å². The normalized spacial score (nSPS) is 18.0. The van der Waals surface area contributed by atoms with Gasteiger partial charge in [0, 0.05) is 19.1 Å². The van der Waals surface area contributed by atoms with Crippen molar-refractivity contribution in [3.05, 3.63) is 71.3 Å². The maximum Gasteiger partial charge on any atom is 0.0452 e. The summed E-state index contributed by atoms with van der Waals surface area (Å²) in [6, 6.07) is 20.0. The van der Waals surface area contributed by atoms with E-state index in [-0.39, 0.29) is 0 Å². The van der Waals surface area contributed by atoms with Crippen molar-refractivity contribution < 1.29 is 0 Å². The van der Waals surface area contributed by atoms with Crippen molar-refractivity contribution in [1.29, 1.82) is 0 Å². The van der Waals surface area contributed by atoms with E-state index >= 15 is 0 Å². The maximum atomic E-state index is 3.65. The van der Waals surface area contributed by atoms with E-state index in [1.54, 1.807) is 0 Å². The van der Waals surface area contributed by atoms with Crippen LogP contribution in [0.5, 0.6) is 0 Å². The minimum atomic E-state index is 0.452. The van der Waals surface area contributed by atoms with Gasteiger partial charge in [-0.3, -0.25) is 0 Å². The molecule has 1 aliphatic heterocycles. The molecule has 1 heterocycles. The molecule has 0 radical (unpaired) electrons. The lowest BCUT2D eigenvalue weighted by molar-refractivity contribution is 0.278. The molecule has 2 aromatic rings. The molecule has 0 fully saturated rings. The molecule has 1 atom stereocenters. The van der Waals surface area contributed by atoms with Crippen molar-refractivity contribution >= 4 is 0 Å². The summed E-state index contributed by atoms with van der Waals surface area (Å²) in [4.78, 5) is 2.40. The van der Waals surface area contributed by atoms with Gasteiger partial charge in [0.2, 0.25) is 0 Å². The molecule has 0 saturated heterocycles. The quantitative estimate of drug-likeness (QED) is 0.915. The monoisotopic (exact) mass is 266 g/mol. The molecule has 1 unspecified atom stereocenters. The fourth-order valence-corrected chi connectivity index (χ4v) is 3.03. The van der Waals surface area contributed by atoms with Gasteiger partial charge in [-0.2, -0.15) is 0 Å². The first-order valence-electron chi connectivity index (χ1n) is 7.36. The second-order valence-electron chi connectivity index (χ2n) is 5.64. The minimum absolute atomic E-state index is 0.452. The van der Waals surface area contributed by atoms with Crippen LogP contribution in [0, 0.1) is 0 Å². The molecular formula is C18H22N2. The Morgan fingerprint density at radius 1 is 1.05 bits per heavy atom. The Kier molecular flexibility index (Phi) is 4.14. The van der Waals surface area contributed by atoms with Crippen LogP contribution in [0.2, 0.25) is 0 Å². The molecule has 0 aromatic heterocycles. The Bertz CT molecular complexity index is 550. The minimum Gasteiger partial charge on any atom is -0.309 e. The largest absolute Gasteiger partial charge is 0.309 e. The number of benzene rings is 2. The van der Waals surface area contributed by atoms with Gasteiger partial charge in [-0.25, -0.2) is 0 Å². The first-order chi connectivity index (χ1) is 9.83. The zero-order valence-corrected chi connectivity index (χ0v) is 12.0. The van der Waals surface area contributed by atoms with Gasteiger partial charge in [0.05, 0.1) is 0 Å². The summed E-state index contributed by atoms with van der Waals surface area (Å²) in [5.74, 6) is 0. The van der Waals surface area contributed by atoms with Crippen molar-refractivity contribution in [3.8, 4) is 0 Å². The lowest BCUT2D eigenvalue weighted by Gasteiger charge is -2.30. The predicted molar refractivity (Wildman–Crippen MR) is 83.7 cm³/mol. The lowest BCUT2D eigenvalue weighted by atomic mass is 9.94. The number of rotatable bonds is 4. The van der Waals surface area contributed by atoms with Gasteiger partial charge in [0.15, 0.2) is 0 Å². The molecule has 2 heteroatoms. The van der Waals surface area contributed by atoms with E-state index in [4.69, 9.17) is 0 Å². The average molecular weight is 266 g/mol. The van der Waals surface area contributed by atoms with Crippen LogP contribution in [-0.2, 0) is 13.0 Å². The summed E-state index contributed by atoms with van der Waals surface area (Å²) >= 11 is 0. The SMILES string of the molecule is CN(Cc1ccccc1)CC1NCCc2ccccc21. The van der Waals surface area contributed by atoms with Crippen molar-refractivity contribution in [1.82, 2.24) is 10.2 Å². The van der Waals surface area contributed by atoms with Crippen LogP contribution in [0.15, 0.2) is 54.6 Å². The fraction of sp³-hybridized carbons (Fsp3) is 0.333. The summed E-state index contributed by atoms with van der Waals surface area (Å²) in [5.41, 5.74) is 4.35. The van der Waals surface area contributed by atoms with Crippen molar-refractivity contribution in [3.63, 3.8) is 0 Å². The van der Waals surface area contributed by atoms with E-state index in [0.717, 1.165) is 26.1 Å². The van der Waals surface area contributed by atoms with E-state index in [9.17, 15) is 0 Å². The lowest BCUT2D eigenvalue weighted by Crippen LogP contribution is -2.37. The molecule has 1 aliphatic rings. The molecule has 2 aromatic carbocycles. The number of nitrogens with one attached hydrogen (secondary N) is 1. The van der Waals surface area contributed by atoms with Gasteiger partial charge in [-0.15, -0.1) is 0 Å². The number of nitrogens with zero attached hydrogens (tertiary/aromatic N) is 1. The molecule has 0 bridgehead atoms. The van der Waals surface area contributed by atoms with E-state index in [2.05, 4.69) is 71.9 Å². The summed E-state index contributed by atoms with van der Waals surface area (Å²) in [6.07, 6.45) is 1.15. The first-order valence-corrected chi connectivity index (χ1v) is 7.36. The summed E-state index contributed by atoms with van der Waals surface area (Å²) < 4.78 is 0. The van der Waals surface area contributed by atoms with Crippen molar-refractivity contribution in [2.75, 3.05) is 20.1 Å². The zero-order valence-electron chi connectivity index (χ0n) is 12.0. The molecule has 0 aliphatic carbocycles. The predicted octanol–water partition coefficient (Wildman–Crippen LogP) is 3.01. The van der Waals surface area contributed by atoms with Gasteiger partial charge in [-0.1, -0.05) is 54.6 Å². The molecule has 104 valence electrons. The molecule has 1 N–H and O–H groups in total. The molecule has 0 amide bonds. The molecule has 20 heavy (non-hydrogen) atoms. The maximum absolute atomic E-state index is 3.65. The van der Waals surface area contributed by atoms with Crippen LogP contribution in [0.4, 0.5) is 0 Å². The zero-order chi connectivity index (χ0) is 13.8. The Hall–Kier alpha value is -1.64. The van der Waals surface area contributed by atoms with Crippen LogP contribution in [-0.4, -0.2) is 25.0 Å². The van der Waals surface area contributed by atoms with Gasteiger partial charge in [0.1, 0.15) is 0 Å². The highest BCUT2D eigenvalue weighted by Gasteiger charge is 2.20. The highest BCUT2D eigenvalue weighted by molar-refractivity contribution is 5.32. The highest BCUT2D eigenvalue weighted by atomic mass is 15.1. The highest BCUT2D eigenvalue weighted by Crippen LogP contribution is 2.23. The Morgan fingerprint density at radius 2 is 1.80 bits per heavy atom.